The maximum atomic E-state index is 4.22. The molecule has 1 saturated heterocycles. The highest BCUT2D eigenvalue weighted by atomic mass is 17.2. The first-order valence-electron chi connectivity index (χ1n) is 5.84. The molecule has 2 heteroatoms. The summed E-state index contributed by atoms with van der Waals surface area (Å²) in [6.45, 7) is 1.56. The smallest absolute Gasteiger partial charge is 0.109 e. The minimum absolute atomic E-state index is 0.778. The molecule has 1 heterocycles. The summed E-state index contributed by atoms with van der Waals surface area (Å²) in [5.74, 6) is 3.23. The molecule has 0 spiro atoms. The van der Waals surface area contributed by atoms with Crippen LogP contribution in [-0.2, 0) is 9.78 Å². The first kappa shape index (κ1) is 8.93. The zero-order valence-electron chi connectivity index (χ0n) is 8.58. The Balaban J connectivity index is 0.000000136. The molecule has 0 N–H and O–H groups in total. The molecule has 2 atom stereocenters. The van der Waals surface area contributed by atoms with Crippen molar-refractivity contribution in [3.8, 4) is 0 Å². The maximum Gasteiger partial charge on any atom is 0.109 e. The van der Waals surface area contributed by atoms with Gasteiger partial charge in [-0.15, -0.1) is 0 Å². The van der Waals surface area contributed by atoms with Crippen LogP contribution in [0.4, 0.5) is 0 Å². The Kier molecular flexibility index (Phi) is 2.34. The van der Waals surface area contributed by atoms with Gasteiger partial charge in [0.15, 0.2) is 0 Å². The Morgan fingerprint density at radius 2 is 1.50 bits per heavy atom. The zero-order chi connectivity index (χ0) is 9.38. The SMILES string of the molecule is C1=C2CC3CC1CC(C2)C3.C1COO1. The van der Waals surface area contributed by atoms with Crippen LogP contribution in [0.2, 0.25) is 0 Å². The largest absolute Gasteiger partial charge is 0.234 e. The fraction of sp³-hybridized carbons (Fsp3) is 0.833. The van der Waals surface area contributed by atoms with Gasteiger partial charge in [0.05, 0.1) is 0 Å². The molecule has 0 amide bonds. The highest BCUT2D eigenvalue weighted by Crippen LogP contribution is 2.49. The van der Waals surface area contributed by atoms with Gasteiger partial charge < -0.3 is 0 Å². The van der Waals surface area contributed by atoms with E-state index in [1.54, 1.807) is 6.42 Å². The van der Waals surface area contributed by atoms with E-state index in [2.05, 4.69) is 15.9 Å². The third-order valence-corrected chi connectivity index (χ3v) is 3.85. The van der Waals surface area contributed by atoms with Crippen molar-refractivity contribution in [3.05, 3.63) is 11.6 Å². The van der Waals surface area contributed by atoms with Crippen molar-refractivity contribution < 1.29 is 9.78 Å². The van der Waals surface area contributed by atoms with E-state index in [-0.39, 0.29) is 0 Å². The molecule has 5 aliphatic rings. The average molecular weight is 194 g/mol. The van der Waals surface area contributed by atoms with Gasteiger partial charge in [-0.3, -0.25) is 0 Å². The third-order valence-electron chi connectivity index (χ3n) is 3.85. The van der Waals surface area contributed by atoms with Gasteiger partial charge in [0.2, 0.25) is 0 Å². The van der Waals surface area contributed by atoms with E-state index in [9.17, 15) is 0 Å². The van der Waals surface area contributed by atoms with Crippen LogP contribution in [0.25, 0.3) is 0 Å². The molecule has 2 saturated carbocycles. The standard InChI is InChI=1S/C10H14.C2H4O2/c1-7-2-9-4-8(1)5-10(3-7)6-9;1-2-4-3-1/h1,7,9-10H,2-6H2;1-2H2. The second-order valence-electron chi connectivity index (χ2n) is 5.08. The Hall–Kier alpha value is -0.340. The van der Waals surface area contributed by atoms with E-state index in [1.807, 2.05) is 5.57 Å². The van der Waals surface area contributed by atoms with E-state index in [4.69, 9.17) is 0 Å². The minimum atomic E-state index is 0.778. The molecule has 78 valence electrons. The topological polar surface area (TPSA) is 18.5 Å². The second-order valence-corrected chi connectivity index (χ2v) is 5.08. The summed E-state index contributed by atoms with van der Waals surface area (Å²) in [6, 6.07) is 0. The quantitative estimate of drug-likeness (QED) is 0.436. The molecule has 1 aliphatic heterocycles. The van der Waals surface area contributed by atoms with Crippen LogP contribution >= 0.6 is 0 Å². The fourth-order valence-electron chi connectivity index (χ4n) is 3.46. The summed E-state index contributed by atoms with van der Waals surface area (Å²) < 4.78 is 0. The molecule has 2 nitrogen and oxygen atoms in total. The number of hydrogen-bond acceptors (Lipinski definition) is 2. The van der Waals surface area contributed by atoms with Gasteiger partial charge in [0.1, 0.15) is 13.2 Å². The summed E-state index contributed by atoms with van der Waals surface area (Å²) in [5, 5.41) is 0. The molecule has 0 aromatic rings. The van der Waals surface area contributed by atoms with Crippen LogP contribution < -0.4 is 0 Å². The molecule has 4 bridgehead atoms. The zero-order valence-corrected chi connectivity index (χ0v) is 8.58. The molecule has 0 aromatic carbocycles. The Labute approximate surface area is 85.2 Å². The molecule has 4 aliphatic carbocycles. The van der Waals surface area contributed by atoms with Gasteiger partial charge in [-0.2, -0.15) is 0 Å². The summed E-state index contributed by atoms with van der Waals surface area (Å²) in [6.07, 6.45) is 10.1. The molecular formula is C12H18O2. The summed E-state index contributed by atoms with van der Waals surface area (Å²) >= 11 is 0. The van der Waals surface area contributed by atoms with Crippen molar-refractivity contribution >= 4 is 0 Å². The van der Waals surface area contributed by atoms with E-state index in [0.29, 0.717) is 0 Å². The third kappa shape index (κ3) is 1.73. The Bertz CT molecular complexity index is 223. The van der Waals surface area contributed by atoms with Crippen LogP contribution in [0.15, 0.2) is 11.6 Å². The second kappa shape index (κ2) is 3.67. The van der Waals surface area contributed by atoms with Crippen molar-refractivity contribution in [2.24, 2.45) is 17.8 Å². The highest BCUT2D eigenvalue weighted by Gasteiger charge is 2.36. The van der Waals surface area contributed by atoms with Gasteiger partial charge in [-0.25, -0.2) is 9.78 Å². The first-order valence-corrected chi connectivity index (χ1v) is 5.84. The van der Waals surface area contributed by atoms with E-state index < -0.39 is 0 Å². The predicted octanol–water partition coefficient (Wildman–Crippen LogP) is 2.70. The Morgan fingerprint density at radius 1 is 0.929 bits per heavy atom. The predicted molar refractivity (Wildman–Crippen MR) is 53.5 cm³/mol. The van der Waals surface area contributed by atoms with Gasteiger partial charge in [-0.05, 0) is 49.9 Å². The lowest BCUT2D eigenvalue weighted by Crippen LogP contribution is -2.31. The molecule has 0 radical (unpaired) electrons. The summed E-state index contributed by atoms with van der Waals surface area (Å²) in [7, 11) is 0. The van der Waals surface area contributed by atoms with Gasteiger partial charge in [0, 0.05) is 0 Å². The van der Waals surface area contributed by atoms with E-state index in [1.165, 1.54) is 25.7 Å². The molecule has 5 rings (SSSR count). The number of rotatable bonds is 0. The average Bonchev–Trinajstić information content (AvgIpc) is 1.96. The van der Waals surface area contributed by atoms with E-state index in [0.717, 1.165) is 31.0 Å². The van der Waals surface area contributed by atoms with E-state index >= 15 is 0 Å². The Morgan fingerprint density at radius 3 is 1.86 bits per heavy atom. The highest BCUT2D eigenvalue weighted by molar-refractivity contribution is 5.17. The van der Waals surface area contributed by atoms with Gasteiger partial charge in [0.25, 0.3) is 0 Å². The maximum absolute atomic E-state index is 4.22. The van der Waals surface area contributed by atoms with Crippen LogP contribution in [0.5, 0.6) is 0 Å². The molecular weight excluding hydrogens is 176 g/mol. The van der Waals surface area contributed by atoms with Crippen molar-refractivity contribution in [2.75, 3.05) is 13.2 Å². The fourth-order valence-corrected chi connectivity index (χ4v) is 3.46. The van der Waals surface area contributed by atoms with Crippen LogP contribution in [-0.4, -0.2) is 13.2 Å². The van der Waals surface area contributed by atoms with Gasteiger partial charge in [-0.1, -0.05) is 11.6 Å². The first-order chi connectivity index (χ1) is 6.90. The lowest BCUT2D eigenvalue weighted by Gasteiger charge is -2.44. The lowest BCUT2D eigenvalue weighted by molar-refractivity contribution is -0.382. The van der Waals surface area contributed by atoms with Crippen LogP contribution in [0, 0.1) is 17.8 Å². The van der Waals surface area contributed by atoms with Crippen LogP contribution in [0.3, 0.4) is 0 Å². The lowest BCUT2D eigenvalue weighted by atomic mass is 9.61. The van der Waals surface area contributed by atoms with Gasteiger partial charge >= 0.3 is 0 Å². The summed E-state index contributed by atoms with van der Waals surface area (Å²) in [4.78, 5) is 8.44. The van der Waals surface area contributed by atoms with Crippen molar-refractivity contribution in [2.45, 2.75) is 32.1 Å². The van der Waals surface area contributed by atoms with Crippen molar-refractivity contribution in [3.63, 3.8) is 0 Å². The number of hydrogen-bond donors (Lipinski definition) is 0. The molecule has 14 heavy (non-hydrogen) atoms. The normalized spacial score (nSPS) is 42.3. The number of allylic oxidation sites excluding steroid dienone is 2. The minimum Gasteiger partial charge on any atom is -0.234 e. The molecule has 0 aromatic heterocycles. The molecule has 2 unspecified atom stereocenters. The monoisotopic (exact) mass is 194 g/mol. The summed E-state index contributed by atoms with van der Waals surface area (Å²) in [5.41, 5.74) is 1.81. The van der Waals surface area contributed by atoms with Crippen molar-refractivity contribution in [1.82, 2.24) is 0 Å². The van der Waals surface area contributed by atoms with Crippen LogP contribution in [0.1, 0.15) is 32.1 Å². The molecule has 3 fully saturated rings. The van der Waals surface area contributed by atoms with Crippen molar-refractivity contribution in [1.29, 1.82) is 0 Å².